The molecular formula is C23H24N2O2. The maximum absolute atomic E-state index is 10.1. The topological polar surface area (TPSA) is 46.4 Å². The number of hydrogen-bond donors (Lipinski definition) is 2. The molecule has 4 nitrogen and oxygen atoms in total. The number of aromatic nitrogens is 1. The second-order valence-corrected chi connectivity index (χ2v) is 7.48. The normalized spacial score (nSPS) is 17.2. The van der Waals surface area contributed by atoms with Gasteiger partial charge in [-0.05, 0) is 48.8 Å². The third-order valence-electron chi connectivity index (χ3n) is 5.81. The highest BCUT2D eigenvalue weighted by molar-refractivity contribution is 5.56. The van der Waals surface area contributed by atoms with Crippen LogP contribution >= 0.6 is 0 Å². The molecule has 0 amide bonds. The van der Waals surface area contributed by atoms with Crippen LogP contribution in [0.15, 0.2) is 60.7 Å². The Hall–Kier alpha value is -2.56. The lowest BCUT2D eigenvalue weighted by Crippen LogP contribution is -2.47. The molecule has 1 aromatic heterocycles. The molecule has 27 heavy (non-hydrogen) atoms. The van der Waals surface area contributed by atoms with Crippen LogP contribution in [-0.4, -0.2) is 22.8 Å². The fraction of sp³-hybridized carbons (Fsp3) is 0.304. The number of benzene rings is 2. The van der Waals surface area contributed by atoms with E-state index in [-0.39, 0.29) is 12.2 Å². The van der Waals surface area contributed by atoms with E-state index < -0.39 is 0 Å². The van der Waals surface area contributed by atoms with E-state index in [0.29, 0.717) is 0 Å². The van der Waals surface area contributed by atoms with Crippen molar-refractivity contribution in [3.05, 3.63) is 83.2 Å². The van der Waals surface area contributed by atoms with Crippen molar-refractivity contribution in [3.8, 4) is 11.4 Å². The highest BCUT2D eigenvalue weighted by atomic mass is 16.5. The molecule has 2 aliphatic heterocycles. The minimum atomic E-state index is -0.336. The van der Waals surface area contributed by atoms with Crippen molar-refractivity contribution < 1.29 is 9.84 Å². The molecule has 5 rings (SSSR count). The molecule has 0 radical (unpaired) electrons. The first-order chi connectivity index (χ1) is 13.3. The number of hydrogen-bond acceptors (Lipinski definition) is 3. The van der Waals surface area contributed by atoms with Crippen molar-refractivity contribution in [1.82, 2.24) is 9.88 Å². The fourth-order valence-electron chi connectivity index (χ4n) is 4.62. The van der Waals surface area contributed by atoms with E-state index >= 15 is 0 Å². The Balaban J connectivity index is 1.73. The summed E-state index contributed by atoms with van der Waals surface area (Å²) in [4.78, 5) is 0. The first-order valence-corrected chi connectivity index (χ1v) is 9.69. The molecule has 0 saturated carbocycles. The first kappa shape index (κ1) is 16.6. The van der Waals surface area contributed by atoms with Crippen LogP contribution in [0.5, 0.6) is 5.75 Å². The van der Waals surface area contributed by atoms with Crippen LogP contribution in [0, 0.1) is 0 Å². The van der Waals surface area contributed by atoms with E-state index in [0.717, 1.165) is 49.5 Å². The average molecular weight is 360 g/mol. The van der Waals surface area contributed by atoms with Gasteiger partial charge in [-0.1, -0.05) is 42.5 Å². The van der Waals surface area contributed by atoms with Crippen molar-refractivity contribution in [1.29, 1.82) is 0 Å². The summed E-state index contributed by atoms with van der Waals surface area (Å²) in [5, 5.41) is 13.6. The number of aliphatic hydroxyl groups excluding tert-OH is 1. The largest absolute Gasteiger partial charge is 0.479 e. The molecule has 2 aromatic carbocycles. The van der Waals surface area contributed by atoms with Gasteiger partial charge in [0.1, 0.15) is 5.75 Å². The summed E-state index contributed by atoms with van der Waals surface area (Å²) >= 11 is 0. The van der Waals surface area contributed by atoms with Crippen molar-refractivity contribution in [3.63, 3.8) is 0 Å². The van der Waals surface area contributed by atoms with Gasteiger partial charge in [-0.15, -0.1) is 0 Å². The van der Waals surface area contributed by atoms with E-state index in [1.165, 1.54) is 16.8 Å². The number of fused-ring (bicyclic) bond motifs is 4. The third-order valence-corrected chi connectivity index (χ3v) is 5.81. The summed E-state index contributed by atoms with van der Waals surface area (Å²) in [5.74, 6) is 0.906. The zero-order valence-corrected chi connectivity index (χ0v) is 15.3. The minimum Gasteiger partial charge on any atom is -0.479 e. The van der Waals surface area contributed by atoms with Gasteiger partial charge in [-0.2, -0.15) is 0 Å². The molecule has 2 N–H and O–H groups in total. The van der Waals surface area contributed by atoms with E-state index in [4.69, 9.17) is 4.74 Å². The molecule has 2 aliphatic rings. The Morgan fingerprint density at radius 1 is 1.00 bits per heavy atom. The molecule has 3 heterocycles. The lowest BCUT2D eigenvalue weighted by molar-refractivity contribution is 0.0189. The molecule has 0 bridgehead atoms. The Morgan fingerprint density at radius 3 is 2.52 bits per heavy atom. The Morgan fingerprint density at radius 2 is 1.74 bits per heavy atom. The Bertz CT molecular complexity index is 956. The van der Waals surface area contributed by atoms with Gasteiger partial charge >= 0.3 is 0 Å². The highest BCUT2D eigenvalue weighted by Gasteiger charge is 2.44. The molecule has 0 aliphatic carbocycles. The van der Waals surface area contributed by atoms with Gasteiger partial charge in [-0.3, -0.25) is 0 Å². The molecular weight excluding hydrogens is 336 g/mol. The second-order valence-electron chi connectivity index (χ2n) is 7.48. The van der Waals surface area contributed by atoms with Gasteiger partial charge in [-0.25, -0.2) is 0 Å². The Kier molecular flexibility index (Phi) is 4.03. The van der Waals surface area contributed by atoms with E-state index in [2.05, 4.69) is 46.3 Å². The quantitative estimate of drug-likeness (QED) is 0.751. The Labute approximate surface area is 159 Å². The van der Waals surface area contributed by atoms with Crippen LogP contribution in [0.1, 0.15) is 35.4 Å². The highest BCUT2D eigenvalue weighted by Crippen LogP contribution is 2.47. The van der Waals surface area contributed by atoms with Crippen LogP contribution in [-0.2, 0) is 18.6 Å². The molecule has 0 unspecified atom stereocenters. The van der Waals surface area contributed by atoms with E-state index in [1.807, 2.05) is 24.3 Å². The predicted molar refractivity (Wildman–Crippen MR) is 105 cm³/mol. The van der Waals surface area contributed by atoms with Crippen LogP contribution < -0.4 is 10.1 Å². The number of rotatable bonds is 3. The molecule has 3 aromatic rings. The van der Waals surface area contributed by atoms with Gasteiger partial charge in [0.25, 0.3) is 0 Å². The number of aliphatic hydroxyl groups is 1. The number of nitrogens with zero attached hydrogens (tertiary/aromatic N) is 1. The maximum Gasteiger partial charge on any atom is 0.152 e. The predicted octanol–water partition coefficient (Wildman–Crippen LogP) is 3.53. The van der Waals surface area contributed by atoms with E-state index in [1.54, 1.807) is 0 Å². The molecule has 0 atom stereocenters. The lowest BCUT2D eigenvalue weighted by Gasteiger charge is -2.43. The van der Waals surface area contributed by atoms with Gasteiger partial charge in [0.2, 0.25) is 0 Å². The van der Waals surface area contributed by atoms with Crippen LogP contribution in [0.3, 0.4) is 0 Å². The summed E-state index contributed by atoms with van der Waals surface area (Å²) in [7, 11) is 0. The monoisotopic (exact) mass is 360 g/mol. The third kappa shape index (κ3) is 2.68. The zero-order valence-electron chi connectivity index (χ0n) is 15.3. The van der Waals surface area contributed by atoms with Crippen molar-refractivity contribution in [2.24, 2.45) is 0 Å². The summed E-state index contributed by atoms with van der Waals surface area (Å²) in [6, 6.07) is 20.9. The van der Waals surface area contributed by atoms with Crippen LogP contribution in [0.4, 0.5) is 0 Å². The lowest BCUT2D eigenvalue weighted by atomic mass is 9.84. The average Bonchev–Trinajstić information content (AvgIpc) is 3.09. The summed E-state index contributed by atoms with van der Waals surface area (Å²) in [6.45, 7) is 1.89. The van der Waals surface area contributed by atoms with Gasteiger partial charge in [0.15, 0.2) is 5.60 Å². The first-order valence-electron chi connectivity index (χ1n) is 9.69. The molecule has 1 fully saturated rings. The second kappa shape index (κ2) is 6.55. The van der Waals surface area contributed by atoms with Crippen molar-refractivity contribution in [2.45, 2.75) is 31.5 Å². The summed E-state index contributed by atoms with van der Waals surface area (Å²) in [5.41, 5.74) is 5.37. The number of para-hydroxylation sites is 2. The zero-order chi connectivity index (χ0) is 18.3. The molecule has 1 spiro atoms. The van der Waals surface area contributed by atoms with Gasteiger partial charge in [0.05, 0.1) is 18.0 Å². The number of ether oxygens (including phenoxy) is 1. The van der Waals surface area contributed by atoms with E-state index in [9.17, 15) is 5.11 Å². The maximum atomic E-state index is 10.1. The summed E-state index contributed by atoms with van der Waals surface area (Å²) < 4.78 is 8.93. The van der Waals surface area contributed by atoms with Crippen LogP contribution in [0.2, 0.25) is 0 Å². The smallest absolute Gasteiger partial charge is 0.152 e. The standard InChI is InChI=1S/C23H24N2O2/c26-16-19-15-18(14-17-6-2-1-3-7-17)22-23(10-12-24-13-11-23)27-21-9-5-4-8-20(21)25(19)22/h1-9,15,24,26H,10-14,16H2. The summed E-state index contributed by atoms with van der Waals surface area (Å²) in [6.07, 6.45) is 2.70. The van der Waals surface area contributed by atoms with Gasteiger partial charge in [0, 0.05) is 18.5 Å². The van der Waals surface area contributed by atoms with Crippen molar-refractivity contribution in [2.75, 3.05) is 13.1 Å². The molecule has 138 valence electrons. The number of piperidine rings is 1. The fourth-order valence-corrected chi connectivity index (χ4v) is 4.62. The van der Waals surface area contributed by atoms with Crippen molar-refractivity contribution >= 4 is 0 Å². The van der Waals surface area contributed by atoms with Crippen LogP contribution in [0.25, 0.3) is 5.69 Å². The molecule has 1 saturated heterocycles. The minimum absolute atomic E-state index is 0.0183. The van der Waals surface area contributed by atoms with Gasteiger partial charge < -0.3 is 19.7 Å². The SMILES string of the molecule is OCc1cc(Cc2ccccc2)c2n1-c1ccccc1OC21CCNCC1. The number of nitrogens with one attached hydrogen (secondary N) is 1. The molecule has 4 heteroatoms.